The molecule has 0 amide bonds. The minimum atomic E-state index is -0.101. The standard InChI is InChI=1S/C18H22N8O2S/c1-4-20-17(21-5-2)23-15-13(8-19-11-22-15)10-29-18-25-24-16(28-18)12-6-7-14(27)26(3)9-12/h6-9,11H,4-5,10H2,1-3H3,(H2,19,20,21,22,23). The van der Waals surface area contributed by atoms with Crippen molar-refractivity contribution in [2.24, 2.45) is 12.0 Å². The van der Waals surface area contributed by atoms with E-state index in [2.05, 4.69) is 35.8 Å². The minimum Gasteiger partial charge on any atom is -0.411 e. The van der Waals surface area contributed by atoms with Gasteiger partial charge in [-0.1, -0.05) is 11.8 Å². The van der Waals surface area contributed by atoms with E-state index < -0.39 is 0 Å². The first-order valence-electron chi connectivity index (χ1n) is 9.08. The first-order chi connectivity index (χ1) is 14.1. The lowest BCUT2D eigenvalue weighted by Crippen LogP contribution is -2.31. The van der Waals surface area contributed by atoms with E-state index in [0.717, 1.165) is 12.1 Å². The SMILES string of the molecule is CCN=C(NCC)Nc1ncncc1CSc1nnc(-c2ccc(=O)n(C)c2)o1. The van der Waals surface area contributed by atoms with Crippen LogP contribution in [0, 0.1) is 0 Å². The summed E-state index contributed by atoms with van der Waals surface area (Å²) in [6.45, 7) is 5.37. The zero-order valence-electron chi connectivity index (χ0n) is 16.4. The number of hydrogen-bond acceptors (Lipinski definition) is 8. The molecule has 0 aromatic carbocycles. The second-order valence-electron chi connectivity index (χ2n) is 5.90. The summed E-state index contributed by atoms with van der Waals surface area (Å²) < 4.78 is 7.18. The number of guanidine groups is 1. The van der Waals surface area contributed by atoms with Crippen LogP contribution < -0.4 is 16.2 Å². The van der Waals surface area contributed by atoms with E-state index in [9.17, 15) is 4.79 Å². The molecular formula is C18H22N8O2S. The fourth-order valence-corrected chi connectivity index (χ4v) is 3.13. The van der Waals surface area contributed by atoms with E-state index in [0.29, 0.717) is 40.8 Å². The van der Waals surface area contributed by atoms with Crippen molar-refractivity contribution in [3.05, 3.63) is 46.8 Å². The molecule has 10 nitrogen and oxygen atoms in total. The molecule has 3 heterocycles. The molecule has 0 spiro atoms. The summed E-state index contributed by atoms with van der Waals surface area (Å²) in [4.78, 5) is 24.3. The monoisotopic (exact) mass is 414 g/mol. The Hall–Kier alpha value is -3.21. The van der Waals surface area contributed by atoms with Gasteiger partial charge >= 0.3 is 0 Å². The Morgan fingerprint density at radius 3 is 2.93 bits per heavy atom. The van der Waals surface area contributed by atoms with Gasteiger partial charge in [-0.25, -0.2) is 9.97 Å². The highest BCUT2D eigenvalue weighted by molar-refractivity contribution is 7.98. The lowest BCUT2D eigenvalue weighted by atomic mass is 10.3. The first kappa shape index (κ1) is 20.5. The van der Waals surface area contributed by atoms with E-state index in [4.69, 9.17) is 4.42 Å². The first-order valence-corrected chi connectivity index (χ1v) is 10.1. The zero-order valence-corrected chi connectivity index (χ0v) is 17.2. The van der Waals surface area contributed by atoms with Crippen LogP contribution in [-0.2, 0) is 12.8 Å². The third-order valence-corrected chi connectivity index (χ3v) is 4.64. The Morgan fingerprint density at radius 1 is 1.31 bits per heavy atom. The molecule has 11 heteroatoms. The van der Waals surface area contributed by atoms with Crippen LogP contribution in [0.15, 0.2) is 50.3 Å². The smallest absolute Gasteiger partial charge is 0.277 e. The Balaban J connectivity index is 1.71. The van der Waals surface area contributed by atoms with Crippen molar-refractivity contribution in [2.45, 2.75) is 24.8 Å². The molecule has 0 radical (unpaired) electrons. The predicted octanol–water partition coefficient (Wildman–Crippen LogP) is 1.91. The van der Waals surface area contributed by atoms with Crippen LogP contribution in [0.3, 0.4) is 0 Å². The van der Waals surface area contributed by atoms with Gasteiger partial charge in [0.1, 0.15) is 12.1 Å². The van der Waals surface area contributed by atoms with Gasteiger partial charge in [0.2, 0.25) is 11.4 Å². The Bertz CT molecular complexity index is 1050. The molecule has 0 saturated carbocycles. The van der Waals surface area contributed by atoms with Crippen LogP contribution in [0.4, 0.5) is 5.82 Å². The third-order valence-electron chi connectivity index (χ3n) is 3.78. The van der Waals surface area contributed by atoms with Crippen molar-refractivity contribution in [2.75, 3.05) is 18.4 Å². The van der Waals surface area contributed by atoms with Crippen molar-refractivity contribution >= 4 is 23.5 Å². The number of nitrogens with zero attached hydrogens (tertiary/aromatic N) is 6. The van der Waals surface area contributed by atoms with Gasteiger partial charge in [0.05, 0.1) is 5.56 Å². The lowest BCUT2D eigenvalue weighted by molar-refractivity contribution is 0.465. The van der Waals surface area contributed by atoms with E-state index in [1.807, 2.05) is 13.8 Å². The molecule has 2 N–H and O–H groups in total. The van der Waals surface area contributed by atoms with E-state index >= 15 is 0 Å². The second-order valence-corrected chi connectivity index (χ2v) is 6.83. The van der Waals surface area contributed by atoms with Gasteiger partial charge in [-0.05, 0) is 19.9 Å². The second kappa shape index (κ2) is 9.82. The molecule has 0 atom stereocenters. The highest BCUT2D eigenvalue weighted by atomic mass is 32.2. The van der Waals surface area contributed by atoms with Gasteiger partial charge in [0.25, 0.3) is 5.22 Å². The number of nitrogens with one attached hydrogen (secondary N) is 2. The van der Waals surface area contributed by atoms with Crippen molar-refractivity contribution < 1.29 is 4.42 Å². The normalized spacial score (nSPS) is 11.5. The summed E-state index contributed by atoms with van der Waals surface area (Å²) in [7, 11) is 1.67. The van der Waals surface area contributed by atoms with Gasteiger partial charge in [0, 0.05) is 49.9 Å². The Labute approximate surface area is 171 Å². The summed E-state index contributed by atoms with van der Waals surface area (Å²) in [6, 6.07) is 3.12. The van der Waals surface area contributed by atoms with E-state index in [-0.39, 0.29) is 5.56 Å². The van der Waals surface area contributed by atoms with Crippen molar-refractivity contribution in [1.82, 2.24) is 30.0 Å². The molecule has 29 heavy (non-hydrogen) atoms. The van der Waals surface area contributed by atoms with Gasteiger partial charge < -0.3 is 19.6 Å². The van der Waals surface area contributed by atoms with Crippen molar-refractivity contribution in [3.63, 3.8) is 0 Å². The molecule has 3 rings (SSSR count). The van der Waals surface area contributed by atoms with Crippen LogP contribution in [-0.4, -0.2) is 43.8 Å². The summed E-state index contributed by atoms with van der Waals surface area (Å²) in [5, 5.41) is 14.9. The molecule has 0 aliphatic heterocycles. The third kappa shape index (κ3) is 5.41. The topological polar surface area (TPSA) is 123 Å². The Kier molecular flexibility index (Phi) is 6.95. The summed E-state index contributed by atoms with van der Waals surface area (Å²) in [5.41, 5.74) is 1.46. The van der Waals surface area contributed by atoms with Crippen molar-refractivity contribution in [3.8, 4) is 11.5 Å². The lowest BCUT2D eigenvalue weighted by Gasteiger charge is -2.12. The maximum absolute atomic E-state index is 11.5. The average Bonchev–Trinajstić information content (AvgIpc) is 3.19. The molecule has 0 bridgehead atoms. The fourth-order valence-electron chi connectivity index (χ4n) is 2.40. The van der Waals surface area contributed by atoms with Crippen LogP contribution in [0.2, 0.25) is 0 Å². The van der Waals surface area contributed by atoms with Crippen molar-refractivity contribution in [1.29, 1.82) is 0 Å². The minimum absolute atomic E-state index is 0.101. The number of thioether (sulfide) groups is 1. The predicted molar refractivity (Wildman–Crippen MR) is 112 cm³/mol. The molecule has 3 aromatic heterocycles. The molecule has 3 aromatic rings. The Morgan fingerprint density at radius 2 is 2.17 bits per heavy atom. The largest absolute Gasteiger partial charge is 0.411 e. The zero-order chi connectivity index (χ0) is 20.6. The molecule has 0 unspecified atom stereocenters. The van der Waals surface area contributed by atoms with Crippen LogP contribution in [0.25, 0.3) is 11.5 Å². The van der Waals surface area contributed by atoms with Crippen LogP contribution in [0.5, 0.6) is 0 Å². The van der Waals surface area contributed by atoms with Gasteiger partial charge in [-0.15, -0.1) is 10.2 Å². The molecule has 0 saturated heterocycles. The number of anilines is 1. The summed E-state index contributed by atoms with van der Waals surface area (Å²) in [5.74, 6) is 2.22. The number of rotatable bonds is 7. The molecule has 0 aliphatic carbocycles. The number of aromatic nitrogens is 5. The highest BCUT2D eigenvalue weighted by Crippen LogP contribution is 2.26. The summed E-state index contributed by atoms with van der Waals surface area (Å²) in [6.07, 6.45) is 4.88. The maximum Gasteiger partial charge on any atom is 0.277 e. The molecule has 152 valence electrons. The quantitative estimate of drug-likeness (QED) is 0.339. The van der Waals surface area contributed by atoms with Gasteiger partial charge in [0.15, 0.2) is 5.96 Å². The number of hydrogen-bond donors (Lipinski definition) is 2. The number of pyridine rings is 1. The average molecular weight is 414 g/mol. The molecular weight excluding hydrogens is 392 g/mol. The number of aryl methyl sites for hydroxylation is 1. The number of aliphatic imine (C=N–C) groups is 1. The van der Waals surface area contributed by atoms with Crippen LogP contribution in [0.1, 0.15) is 19.4 Å². The van der Waals surface area contributed by atoms with E-state index in [1.54, 1.807) is 25.5 Å². The van der Waals surface area contributed by atoms with Gasteiger partial charge in [-0.3, -0.25) is 9.79 Å². The van der Waals surface area contributed by atoms with E-state index in [1.165, 1.54) is 28.7 Å². The van der Waals surface area contributed by atoms with Crippen LogP contribution >= 0.6 is 11.8 Å². The molecule has 0 aliphatic rings. The maximum atomic E-state index is 11.5. The summed E-state index contributed by atoms with van der Waals surface area (Å²) >= 11 is 1.38. The fraction of sp³-hybridized carbons (Fsp3) is 0.333. The highest BCUT2D eigenvalue weighted by Gasteiger charge is 2.12. The van der Waals surface area contributed by atoms with Gasteiger partial charge in [-0.2, -0.15) is 0 Å². The molecule has 0 fully saturated rings.